The van der Waals surface area contributed by atoms with Gasteiger partial charge < -0.3 is 24.8 Å². The Hall–Kier alpha value is -3.62. The predicted molar refractivity (Wildman–Crippen MR) is 108 cm³/mol. The first-order valence-corrected chi connectivity index (χ1v) is 9.27. The Balaban J connectivity index is 2.67. The molecule has 1 aromatic rings. The van der Waals surface area contributed by atoms with Crippen molar-refractivity contribution in [3.05, 3.63) is 47.2 Å². The molecule has 1 aromatic carbocycles. The average molecular weight is 416 g/mol. The molecule has 1 heterocycles. The Morgan fingerprint density at radius 2 is 1.47 bits per heavy atom. The van der Waals surface area contributed by atoms with Crippen LogP contribution in [0, 0.1) is 0 Å². The number of nitrogens with one attached hydrogen (secondary N) is 2. The second kappa shape index (κ2) is 9.73. The maximum absolute atomic E-state index is 12.7. The summed E-state index contributed by atoms with van der Waals surface area (Å²) in [5.74, 6) is -3.54. The minimum atomic E-state index is -1.00. The third-order valence-electron chi connectivity index (χ3n) is 3.75. The van der Waals surface area contributed by atoms with Crippen molar-refractivity contribution in [1.82, 2.24) is 0 Å². The van der Waals surface area contributed by atoms with E-state index in [4.69, 9.17) is 14.2 Å². The molecule has 2 rings (SSSR count). The first-order valence-electron chi connectivity index (χ1n) is 9.27. The number of methoxy groups -OCH3 is 1. The summed E-state index contributed by atoms with van der Waals surface area (Å²) in [6.45, 7) is 6.47. The van der Waals surface area contributed by atoms with E-state index in [9.17, 15) is 19.2 Å². The van der Waals surface area contributed by atoms with Gasteiger partial charge >= 0.3 is 17.9 Å². The quantitative estimate of drug-likeness (QED) is 0.412. The Kier molecular flexibility index (Phi) is 7.35. The highest BCUT2D eigenvalue weighted by atomic mass is 16.6. The Labute approximate surface area is 174 Å². The highest BCUT2D eigenvalue weighted by molar-refractivity contribution is 6.20. The number of anilines is 2. The molecule has 1 aliphatic rings. The first kappa shape index (κ1) is 22.7. The number of benzene rings is 1. The van der Waals surface area contributed by atoms with Crippen LogP contribution in [0.25, 0.3) is 0 Å². The van der Waals surface area contributed by atoms with Gasteiger partial charge in [0.1, 0.15) is 11.3 Å². The highest BCUT2D eigenvalue weighted by Crippen LogP contribution is 2.31. The second-order valence-corrected chi connectivity index (χ2v) is 6.86. The molecular weight excluding hydrogens is 392 g/mol. The third kappa shape index (κ3) is 5.47. The summed E-state index contributed by atoms with van der Waals surface area (Å²) >= 11 is 0. The van der Waals surface area contributed by atoms with E-state index in [1.54, 1.807) is 52.0 Å². The molecule has 0 aliphatic carbocycles. The van der Waals surface area contributed by atoms with E-state index in [2.05, 4.69) is 10.6 Å². The van der Waals surface area contributed by atoms with E-state index in [-0.39, 0.29) is 5.70 Å². The summed E-state index contributed by atoms with van der Waals surface area (Å²) in [5.41, 5.74) is -0.182. The number of para-hydroxylation sites is 2. The molecule has 0 unspecified atom stereocenters. The Morgan fingerprint density at radius 3 is 2.00 bits per heavy atom. The average Bonchev–Trinajstić information content (AvgIpc) is 2.66. The molecule has 2 N–H and O–H groups in total. The normalized spacial score (nSPS) is 15.0. The van der Waals surface area contributed by atoms with Crippen molar-refractivity contribution in [2.45, 2.75) is 39.9 Å². The van der Waals surface area contributed by atoms with Crippen LogP contribution in [0.4, 0.5) is 11.4 Å². The lowest BCUT2D eigenvalue weighted by Crippen LogP contribution is -2.31. The lowest BCUT2D eigenvalue weighted by atomic mass is 10.0. The highest BCUT2D eigenvalue weighted by Gasteiger charge is 2.33. The van der Waals surface area contributed by atoms with Gasteiger partial charge in [0.05, 0.1) is 36.3 Å². The molecule has 0 bridgehead atoms. The van der Waals surface area contributed by atoms with Crippen LogP contribution in [0.2, 0.25) is 0 Å². The van der Waals surface area contributed by atoms with Gasteiger partial charge in [-0.1, -0.05) is 12.1 Å². The molecule has 0 aromatic heterocycles. The fourth-order valence-electron chi connectivity index (χ4n) is 2.60. The molecule has 0 spiro atoms. The monoisotopic (exact) mass is 416 g/mol. The van der Waals surface area contributed by atoms with Crippen LogP contribution >= 0.6 is 0 Å². The molecule has 0 saturated carbocycles. The summed E-state index contributed by atoms with van der Waals surface area (Å²) < 4.78 is 15.0. The molecular formula is C21H24N2O7. The lowest BCUT2D eigenvalue weighted by molar-refractivity contribution is -0.145. The molecule has 160 valence electrons. The molecule has 1 aliphatic heterocycles. The summed E-state index contributed by atoms with van der Waals surface area (Å²) in [7, 11) is 1.09. The van der Waals surface area contributed by atoms with Crippen LogP contribution in [0.5, 0.6) is 0 Å². The van der Waals surface area contributed by atoms with Crippen molar-refractivity contribution < 1.29 is 33.4 Å². The van der Waals surface area contributed by atoms with Crippen molar-refractivity contribution in [2.24, 2.45) is 0 Å². The van der Waals surface area contributed by atoms with Crippen LogP contribution in [0.15, 0.2) is 47.2 Å². The molecule has 0 radical (unpaired) electrons. The molecule has 0 saturated heterocycles. The van der Waals surface area contributed by atoms with E-state index in [1.165, 1.54) is 0 Å². The summed E-state index contributed by atoms with van der Waals surface area (Å²) in [6.07, 6.45) is -0.187. The van der Waals surface area contributed by atoms with Gasteiger partial charge in [0.25, 0.3) is 5.91 Å². The number of fused-ring (bicyclic) bond motifs is 1. The number of hydrogen-bond donors (Lipinski definition) is 2. The standard InChI is InChI=1S/C21H24N2O7/c1-11(2)29-16(24)10-13(20(26)30-12(3)4)17(21(27)28-5)18-19(25)23-15-9-7-6-8-14(15)22-18/h6-12,22H,1-5H3,(H,23,25)/b13-10+,18-17-. The fraction of sp³-hybridized carbons (Fsp3) is 0.333. The maximum atomic E-state index is 12.7. The van der Waals surface area contributed by atoms with E-state index in [0.29, 0.717) is 11.4 Å². The number of rotatable bonds is 6. The van der Waals surface area contributed by atoms with Crippen molar-refractivity contribution in [3.8, 4) is 0 Å². The summed E-state index contributed by atoms with van der Waals surface area (Å²) in [4.78, 5) is 50.3. The molecule has 30 heavy (non-hydrogen) atoms. The Bertz CT molecular complexity index is 929. The summed E-state index contributed by atoms with van der Waals surface area (Å²) in [6, 6.07) is 6.79. The van der Waals surface area contributed by atoms with Gasteiger partial charge in [-0.25, -0.2) is 14.4 Å². The zero-order valence-electron chi connectivity index (χ0n) is 17.4. The van der Waals surface area contributed by atoms with E-state index in [1.807, 2.05) is 0 Å². The van der Waals surface area contributed by atoms with E-state index >= 15 is 0 Å². The molecule has 0 atom stereocenters. The van der Waals surface area contributed by atoms with Gasteiger partial charge in [-0.05, 0) is 39.8 Å². The van der Waals surface area contributed by atoms with Gasteiger partial charge in [-0.2, -0.15) is 0 Å². The lowest BCUT2D eigenvalue weighted by Gasteiger charge is -2.23. The van der Waals surface area contributed by atoms with Crippen molar-refractivity contribution in [2.75, 3.05) is 17.7 Å². The molecule has 9 heteroatoms. The smallest absolute Gasteiger partial charge is 0.341 e. The Morgan fingerprint density at radius 1 is 0.900 bits per heavy atom. The minimum absolute atomic E-state index is 0.259. The number of hydrogen-bond acceptors (Lipinski definition) is 8. The topological polar surface area (TPSA) is 120 Å². The van der Waals surface area contributed by atoms with E-state index < -0.39 is 47.2 Å². The van der Waals surface area contributed by atoms with Crippen LogP contribution in [0.1, 0.15) is 27.7 Å². The van der Waals surface area contributed by atoms with Crippen molar-refractivity contribution in [3.63, 3.8) is 0 Å². The maximum Gasteiger partial charge on any atom is 0.341 e. The largest absolute Gasteiger partial charge is 0.465 e. The van der Waals surface area contributed by atoms with Crippen LogP contribution in [0.3, 0.4) is 0 Å². The fourth-order valence-corrected chi connectivity index (χ4v) is 2.60. The third-order valence-corrected chi connectivity index (χ3v) is 3.75. The molecule has 1 amide bonds. The van der Waals surface area contributed by atoms with Crippen LogP contribution < -0.4 is 10.6 Å². The van der Waals surface area contributed by atoms with Gasteiger partial charge in [-0.3, -0.25) is 4.79 Å². The van der Waals surface area contributed by atoms with Gasteiger partial charge in [-0.15, -0.1) is 0 Å². The minimum Gasteiger partial charge on any atom is -0.465 e. The number of carbonyl (C=O) groups is 4. The van der Waals surface area contributed by atoms with Crippen molar-refractivity contribution in [1.29, 1.82) is 0 Å². The second-order valence-electron chi connectivity index (χ2n) is 6.86. The zero-order valence-corrected chi connectivity index (χ0v) is 17.4. The zero-order chi connectivity index (χ0) is 22.4. The van der Waals surface area contributed by atoms with Crippen LogP contribution in [-0.4, -0.2) is 43.1 Å². The SMILES string of the molecule is COC(=O)C(=C1\Nc2ccccc2NC1=O)/C(=C\C(=O)OC(C)C)C(=O)OC(C)C. The van der Waals surface area contributed by atoms with Gasteiger partial charge in [0, 0.05) is 6.08 Å². The molecule has 9 nitrogen and oxygen atoms in total. The number of esters is 3. The number of amides is 1. The number of carbonyl (C=O) groups excluding carboxylic acids is 4. The molecule has 0 fully saturated rings. The predicted octanol–water partition coefficient (Wildman–Crippen LogP) is 2.31. The first-order chi connectivity index (χ1) is 14.1. The van der Waals surface area contributed by atoms with Gasteiger partial charge in [0.2, 0.25) is 0 Å². The van der Waals surface area contributed by atoms with Crippen molar-refractivity contribution >= 4 is 35.2 Å². The van der Waals surface area contributed by atoms with Crippen LogP contribution in [-0.2, 0) is 33.4 Å². The summed E-state index contributed by atoms with van der Waals surface area (Å²) in [5, 5.41) is 5.46. The van der Waals surface area contributed by atoms with E-state index in [0.717, 1.165) is 13.2 Å². The number of ether oxygens (including phenoxy) is 3. The van der Waals surface area contributed by atoms with Gasteiger partial charge in [0.15, 0.2) is 0 Å².